The number of nitrogens with one attached hydrogen (secondary N) is 1. The number of amides is 4. The fourth-order valence-corrected chi connectivity index (χ4v) is 8.87. The van der Waals surface area contributed by atoms with Crippen molar-refractivity contribution in [3.63, 3.8) is 0 Å². The van der Waals surface area contributed by atoms with Gasteiger partial charge in [0.05, 0.1) is 0 Å². The fourth-order valence-electron chi connectivity index (χ4n) is 8.87. The highest BCUT2D eigenvalue weighted by Crippen LogP contribution is 2.42. The van der Waals surface area contributed by atoms with Crippen LogP contribution >= 0.6 is 0 Å². The Morgan fingerprint density at radius 2 is 1.67 bits per heavy atom. The Morgan fingerprint density at radius 1 is 0.930 bits per heavy atom. The van der Waals surface area contributed by atoms with Crippen molar-refractivity contribution in [3.8, 4) is 5.75 Å². The second-order valence-electron chi connectivity index (χ2n) is 14.3. The smallest absolute Gasteiger partial charge is 0.255 e. The standard InChI is InChI=1S/C34H46N4O5/c1-34(14-4-5-15-34)33(42)36-16-12-22(13-17-36)24-19-37(20-24)27-6-2-3-7-29(27)43-25-8-9-26-23(18-25)21-38(32(26)41)28-10-11-30(39)35-31(28)40/h8-9,18,22,24,27-29H,2-7,10-17,19-21H2,1H3,(H,35,39,40)/t27-,28?,29-/m1/s1. The van der Waals surface area contributed by atoms with Crippen molar-refractivity contribution in [2.75, 3.05) is 26.2 Å². The summed E-state index contributed by atoms with van der Waals surface area (Å²) in [5.41, 5.74) is 1.39. The van der Waals surface area contributed by atoms with E-state index in [4.69, 9.17) is 4.74 Å². The maximum atomic E-state index is 13.2. The summed E-state index contributed by atoms with van der Waals surface area (Å²) in [5, 5.41) is 2.37. The molecule has 4 aliphatic heterocycles. The van der Waals surface area contributed by atoms with Crippen LogP contribution in [-0.4, -0.2) is 82.7 Å². The van der Waals surface area contributed by atoms with Crippen LogP contribution in [0.15, 0.2) is 18.2 Å². The van der Waals surface area contributed by atoms with E-state index in [1.54, 1.807) is 4.90 Å². The number of fused-ring (bicyclic) bond motifs is 1. The number of carbonyl (C=O) groups excluding carboxylic acids is 4. The molecule has 9 nitrogen and oxygen atoms in total. The summed E-state index contributed by atoms with van der Waals surface area (Å²) in [4.78, 5) is 56.6. The van der Waals surface area contributed by atoms with Crippen LogP contribution in [0.2, 0.25) is 0 Å². The molecule has 0 radical (unpaired) electrons. The minimum atomic E-state index is -0.604. The van der Waals surface area contributed by atoms with Crippen molar-refractivity contribution in [1.82, 2.24) is 20.0 Å². The molecule has 1 aromatic carbocycles. The molecule has 6 aliphatic rings. The van der Waals surface area contributed by atoms with E-state index in [9.17, 15) is 19.2 Å². The maximum Gasteiger partial charge on any atom is 0.255 e. The van der Waals surface area contributed by atoms with Crippen LogP contribution in [-0.2, 0) is 20.9 Å². The van der Waals surface area contributed by atoms with Gasteiger partial charge in [0, 0.05) is 56.2 Å². The van der Waals surface area contributed by atoms with Crippen LogP contribution in [0.3, 0.4) is 0 Å². The highest BCUT2D eigenvalue weighted by molar-refractivity contribution is 6.05. The topological polar surface area (TPSA) is 99.3 Å². The Balaban J connectivity index is 0.928. The molecule has 4 heterocycles. The van der Waals surface area contributed by atoms with E-state index in [2.05, 4.69) is 22.0 Å². The fraction of sp³-hybridized carbons (Fsp3) is 0.706. The number of carbonyl (C=O) groups is 4. The summed E-state index contributed by atoms with van der Waals surface area (Å²) in [6.45, 7) is 6.64. The minimum absolute atomic E-state index is 0.114. The molecule has 0 aromatic heterocycles. The molecular weight excluding hydrogens is 544 g/mol. The van der Waals surface area contributed by atoms with E-state index in [0.717, 1.165) is 82.4 Å². The Labute approximate surface area is 254 Å². The molecule has 0 spiro atoms. The van der Waals surface area contributed by atoms with Gasteiger partial charge in [-0.05, 0) is 87.0 Å². The van der Waals surface area contributed by atoms with Crippen molar-refractivity contribution >= 4 is 23.6 Å². The van der Waals surface area contributed by atoms with E-state index < -0.39 is 6.04 Å². The van der Waals surface area contributed by atoms with Gasteiger partial charge >= 0.3 is 0 Å². The van der Waals surface area contributed by atoms with Crippen LogP contribution in [0.25, 0.3) is 0 Å². The van der Waals surface area contributed by atoms with Crippen LogP contribution in [0.4, 0.5) is 0 Å². The first-order valence-electron chi connectivity index (χ1n) is 16.8. The normalized spacial score (nSPS) is 30.3. The molecular formula is C34H46N4O5. The van der Waals surface area contributed by atoms with Gasteiger partial charge in [-0.1, -0.05) is 26.2 Å². The molecule has 1 N–H and O–H groups in total. The predicted molar refractivity (Wildman–Crippen MR) is 160 cm³/mol. The third-order valence-electron chi connectivity index (χ3n) is 11.6. The van der Waals surface area contributed by atoms with Crippen LogP contribution in [0.5, 0.6) is 5.75 Å². The molecule has 232 valence electrons. The molecule has 0 bridgehead atoms. The number of imide groups is 1. The largest absolute Gasteiger partial charge is 0.489 e. The number of nitrogens with zero attached hydrogens (tertiary/aromatic N) is 3. The van der Waals surface area contributed by atoms with Crippen LogP contribution in [0.1, 0.15) is 99.9 Å². The molecule has 1 unspecified atom stereocenters. The first-order valence-corrected chi connectivity index (χ1v) is 16.8. The number of likely N-dealkylation sites (tertiary alicyclic amines) is 2. The molecule has 3 atom stereocenters. The van der Waals surface area contributed by atoms with Gasteiger partial charge < -0.3 is 14.5 Å². The summed E-state index contributed by atoms with van der Waals surface area (Å²) < 4.78 is 6.64. The van der Waals surface area contributed by atoms with Crippen molar-refractivity contribution in [2.45, 2.75) is 109 Å². The van der Waals surface area contributed by atoms with Gasteiger partial charge in [0.15, 0.2) is 0 Å². The van der Waals surface area contributed by atoms with Gasteiger partial charge in [0.25, 0.3) is 5.91 Å². The number of rotatable bonds is 6. The van der Waals surface area contributed by atoms with E-state index in [1.165, 1.54) is 19.3 Å². The molecule has 9 heteroatoms. The van der Waals surface area contributed by atoms with Gasteiger partial charge in [-0.15, -0.1) is 0 Å². The van der Waals surface area contributed by atoms with E-state index in [1.807, 2.05) is 18.2 Å². The first-order chi connectivity index (χ1) is 20.8. The average molecular weight is 591 g/mol. The third kappa shape index (κ3) is 5.47. The van der Waals surface area contributed by atoms with Gasteiger partial charge in [-0.3, -0.25) is 29.4 Å². The molecule has 5 fully saturated rings. The van der Waals surface area contributed by atoms with E-state index in [0.29, 0.717) is 42.3 Å². The first kappa shape index (κ1) is 28.8. The maximum absolute atomic E-state index is 13.2. The zero-order valence-electron chi connectivity index (χ0n) is 25.5. The van der Waals surface area contributed by atoms with Crippen LogP contribution < -0.4 is 10.1 Å². The Hall–Kier alpha value is -2.94. The second kappa shape index (κ2) is 11.5. The highest BCUT2D eigenvalue weighted by atomic mass is 16.5. The Bertz CT molecular complexity index is 1280. The van der Waals surface area contributed by atoms with Crippen molar-refractivity contribution in [1.29, 1.82) is 0 Å². The summed E-state index contributed by atoms with van der Waals surface area (Å²) in [5.74, 6) is 1.81. The molecule has 43 heavy (non-hydrogen) atoms. The Morgan fingerprint density at radius 3 is 2.42 bits per heavy atom. The lowest BCUT2D eigenvalue weighted by Gasteiger charge is -2.52. The summed E-state index contributed by atoms with van der Waals surface area (Å²) >= 11 is 0. The Kier molecular flexibility index (Phi) is 7.72. The van der Waals surface area contributed by atoms with E-state index in [-0.39, 0.29) is 35.7 Å². The SMILES string of the molecule is CC1(C(=O)N2CCC(C3CN([C@@H]4CCCC[C@H]4Oc4ccc5c(c4)CN(C4CCC(=O)NC4=O)C5=O)C3)CC2)CCCC1. The van der Waals surface area contributed by atoms with Gasteiger partial charge in [0.2, 0.25) is 17.7 Å². The molecule has 3 saturated heterocycles. The number of piperidine rings is 2. The van der Waals surface area contributed by atoms with E-state index >= 15 is 0 Å². The predicted octanol–water partition coefficient (Wildman–Crippen LogP) is 3.89. The van der Waals surface area contributed by atoms with Crippen LogP contribution in [0, 0.1) is 17.3 Å². The van der Waals surface area contributed by atoms with Crippen molar-refractivity contribution in [3.05, 3.63) is 29.3 Å². The quantitative estimate of drug-likeness (QED) is 0.505. The molecule has 1 aromatic rings. The molecule has 7 rings (SSSR count). The summed E-state index contributed by atoms with van der Waals surface area (Å²) in [7, 11) is 0. The van der Waals surface area contributed by atoms with Gasteiger partial charge in [-0.2, -0.15) is 0 Å². The van der Waals surface area contributed by atoms with Crippen molar-refractivity contribution < 1.29 is 23.9 Å². The van der Waals surface area contributed by atoms with Gasteiger partial charge in [0.1, 0.15) is 17.9 Å². The van der Waals surface area contributed by atoms with Gasteiger partial charge in [-0.25, -0.2) is 0 Å². The highest BCUT2D eigenvalue weighted by Gasteiger charge is 2.45. The zero-order chi connectivity index (χ0) is 29.7. The second-order valence-corrected chi connectivity index (χ2v) is 14.3. The lowest BCUT2D eigenvalue weighted by Crippen LogP contribution is -2.60. The lowest BCUT2D eigenvalue weighted by atomic mass is 9.77. The molecule has 4 amide bonds. The average Bonchev–Trinajstić information content (AvgIpc) is 3.57. The zero-order valence-corrected chi connectivity index (χ0v) is 25.5. The number of benzene rings is 1. The summed E-state index contributed by atoms with van der Waals surface area (Å²) in [6.07, 6.45) is 12.1. The monoisotopic (exact) mass is 590 g/mol. The van der Waals surface area contributed by atoms with Crippen molar-refractivity contribution in [2.24, 2.45) is 17.3 Å². The lowest BCUT2D eigenvalue weighted by molar-refractivity contribution is -0.143. The minimum Gasteiger partial charge on any atom is -0.489 e. The summed E-state index contributed by atoms with van der Waals surface area (Å²) in [6, 6.07) is 5.51. The molecule has 2 saturated carbocycles. The number of ether oxygens (including phenoxy) is 1. The number of hydrogen-bond acceptors (Lipinski definition) is 6. The third-order valence-corrected chi connectivity index (χ3v) is 11.6. The molecule has 2 aliphatic carbocycles. The number of hydrogen-bond donors (Lipinski definition) is 1.